The van der Waals surface area contributed by atoms with E-state index in [-0.39, 0.29) is 0 Å². The van der Waals surface area contributed by atoms with Crippen LogP contribution in [0, 0.1) is 6.92 Å². The molecule has 4 nitrogen and oxygen atoms in total. The number of rotatable bonds is 2. The average molecular weight is 244 g/mol. The van der Waals surface area contributed by atoms with Crippen LogP contribution < -0.4 is 5.73 Å². The van der Waals surface area contributed by atoms with Gasteiger partial charge in [0.05, 0.1) is 17.6 Å². The quantitative estimate of drug-likeness (QED) is 0.753. The van der Waals surface area contributed by atoms with Gasteiger partial charge in [-0.05, 0) is 19.1 Å². The number of nitrogens with two attached hydrogens (primary N) is 1. The van der Waals surface area contributed by atoms with Crippen molar-refractivity contribution in [1.29, 1.82) is 0 Å². The summed E-state index contributed by atoms with van der Waals surface area (Å²) in [5.41, 5.74) is 7.92. The Labute approximate surface area is 103 Å². The fraction of sp³-hybridized carbons (Fsp3) is 0.167. The maximum atomic E-state index is 5.94. The van der Waals surface area contributed by atoms with E-state index < -0.39 is 0 Å². The highest BCUT2D eigenvalue weighted by molar-refractivity contribution is 7.11. The molecule has 1 aromatic carbocycles. The van der Waals surface area contributed by atoms with Crippen LogP contribution in [0.15, 0.2) is 30.5 Å². The Bertz CT molecular complexity index is 668. The van der Waals surface area contributed by atoms with Gasteiger partial charge in [0, 0.05) is 11.1 Å². The number of hydrogen-bond acceptors (Lipinski definition) is 4. The summed E-state index contributed by atoms with van der Waals surface area (Å²) in [4.78, 5) is 9.90. The molecule has 0 unspecified atom stereocenters. The van der Waals surface area contributed by atoms with E-state index in [4.69, 9.17) is 5.73 Å². The molecule has 2 heterocycles. The third kappa shape index (κ3) is 1.78. The second kappa shape index (κ2) is 3.85. The maximum Gasteiger partial charge on any atom is 0.201 e. The molecule has 2 N–H and O–H groups in total. The molecule has 5 heteroatoms. The molecule has 0 saturated heterocycles. The third-order valence-corrected chi connectivity index (χ3v) is 3.54. The molecule has 0 fully saturated rings. The number of thiazole rings is 1. The van der Waals surface area contributed by atoms with Crippen LogP contribution >= 0.6 is 11.3 Å². The van der Waals surface area contributed by atoms with Crippen molar-refractivity contribution in [2.75, 3.05) is 5.73 Å². The summed E-state index contributed by atoms with van der Waals surface area (Å²) in [6.07, 6.45) is 1.88. The monoisotopic (exact) mass is 244 g/mol. The summed E-state index contributed by atoms with van der Waals surface area (Å²) in [6, 6.07) is 7.95. The first kappa shape index (κ1) is 10.3. The number of imidazole rings is 1. The predicted molar refractivity (Wildman–Crippen MR) is 70.1 cm³/mol. The fourth-order valence-electron chi connectivity index (χ4n) is 1.87. The molecule has 3 rings (SSSR count). The van der Waals surface area contributed by atoms with E-state index in [1.165, 1.54) is 4.88 Å². The van der Waals surface area contributed by atoms with Gasteiger partial charge in [-0.1, -0.05) is 12.1 Å². The maximum absolute atomic E-state index is 5.94. The summed E-state index contributed by atoms with van der Waals surface area (Å²) in [5, 5.41) is 1.05. The lowest BCUT2D eigenvalue weighted by atomic mass is 10.3. The minimum atomic E-state index is 0.541. The van der Waals surface area contributed by atoms with Crippen LogP contribution in [0.2, 0.25) is 0 Å². The first-order valence-electron chi connectivity index (χ1n) is 5.36. The Morgan fingerprint density at radius 3 is 2.94 bits per heavy atom. The topological polar surface area (TPSA) is 56.7 Å². The molecule has 0 atom stereocenters. The van der Waals surface area contributed by atoms with Gasteiger partial charge < -0.3 is 10.3 Å². The van der Waals surface area contributed by atoms with E-state index >= 15 is 0 Å². The van der Waals surface area contributed by atoms with Crippen LogP contribution in [0.3, 0.4) is 0 Å². The van der Waals surface area contributed by atoms with Crippen LogP contribution in [0.5, 0.6) is 0 Å². The van der Waals surface area contributed by atoms with Crippen molar-refractivity contribution in [2.24, 2.45) is 0 Å². The lowest BCUT2D eigenvalue weighted by molar-refractivity contribution is 0.829. The number of aryl methyl sites for hydroxylation is 1. The van der Waals surface area contributed by atoms with Gasteiger partial charge in [-0.25, -0.2) is 9.97 Å². The zero-order valence-corrected chi connectivity index (χ0v) is 10.2. The van der Waals surface area contributed by atoms with Crippen molar-refractivity contribution in [3.8, 4) is 0 Å². The summed E-state index contributed by atoms with van der Waals surface area (Å²) in [7, 11) is 0. The first-order valence-corrected chi connectivity index (χ1v) is 6.18. The molecule has 2 aromatic heterocycles. The lowest BCUT2D eigenvalue weighted by Gasteiger charge is -2.03. The molecular weight excluding hydrogens is 232 g/mol. The SMILES string of the molecule is Cc1cnc(Cn2c(N)nc3ccccc32)s1. The Kier molecular flexibility index (Phi) is 2.33. The number of nitrogens with zero attached hydrogens (tertiary/aromatic N) is 3. The van der Waals surface area contributed by atoms with E-state index in [0.29, 0.717) is 12.5 Å². The van der Waals surface area contributed by atoms with E-state index in [0.717, 1.165) is 16.0 Å². The van der Waals surface area contributed by atoms with Gasteiger partial charge in [-0.3, -0.25) is 0 Å². The summed E-state index contributed by atoms with van der Waals surface area (Å²) >= 11 is 1.69. The van der Waals surface area contributed by atoms with E-state index in [2.05, 4.69) is 16.9 Å². The molecule has 0 saturated carbocycles. The number of aromatic nitrogens is 3. The number of hydrogen-bond donors (Lipinski definition) is 1. The number of benzene rings is 1. The van der Waals surface area contributed by atoms with Crippen molar-refractivity contribution >= 4 is 28.3 Å². The molecule has 0 amide bonds. The predicted octanol–water partition coefficient (Wildman–Crippen LogP) is 2.43. The summed E-state index contributed by atoms with van der Waals surface area (Å²) < 4.78 is 1.99. The highest BCUT2D eigenvalue weighted by Crippen LogP contribution is 2.20. The molecule has 0 radical (unpaired) electrons. The van der Waals surface area contributed by atoms with Gasteiger partial charge in [0.1, 0.15) is 5.01 Å². The normalized spacial score (nSPS) is 11.1. The van der Waals surface area contributed by atoms with Crippen LogP contribution in [0.4, 0.5) is 5.95 Å². The number of fused-ring (bicyclic) bond motifs is 1. The third-order valence-electron chi connectivity index (χ3n) is 2.65. The average Bonchev–Trinajstić information content (AvgIpc) is 2.85. The smallest absolute Gasteiger partial charge is 0.201 e. The van der Waals surface area contributed by atoms with Crippen molar-refractivity contribution in [3.63, 3.8) is 0 Å². The number of anilines is 1. The molecule has 0 bridgehead atoms. The van der Waals surface area contributed by atoms with Crippen LogP contribution in [-0.4, -0.2) is 14.5 Å². The molecule has 0 aliphatic carbocycles. The first-order chi connectivity index (χ1) is 8.24. The molecule has 3 aromatic rings. The Hall–Kier alpha value is -1.88. The second-order valence-corrected chi connectivity index (χ2v) is 5.23. The van der Waals surface area contributed by atoms with Crippen molar-refractivity contribution < 1.29 is 0 Å². The van der Waals surface area contributed by atoms with Crippen molar-refractivity contribution in [3.05, 3.63) is 40.3 Å². The van der Waals surface area contributed by atoms with Crippen molar-refractivity contribution in [2.45, 2.75) is 13.5 Å². The molecule has 0 aliphatic rings. The van der Waals surface area contributed by atoms with Gasteiger partial charge in [-0.2, -0.15) is 0 Å². The van der Waals surface area contributed by atoms with Gasteiger partial charge in [0.15, 0.2) is 0 Å². The van der Waals surface area contributed by atoms with Crippen LogP contribution in [0.1, 0.15) is 9.88 Å². The standard InChI is InChI=1S/C12H12N4S/c1-8-6-14-11(17-8)7-16-10-5-3-2-4-9(10)15-12(16)13/h2-6H,7H2,1H3,(H2,13,15). The second-order valence-electron chi connectivity index (χ2n) is 3.91. The molecule has 86 valence electrons. The molecular formula is C12H12N4S. The Balaban J connectivity index is 2.08. The van der Waals surface area contributed by atoms with E-state index in [9.17, 15) is 0 Å². The number of nitrogen functional groups attached to an aromatic ring is 1. The molecule has 0 spiro atoms. The Morgan fingerprint density at radius 1 is 1.35 bits per heavy atom. The zero-order chi connectivity index (χ0) is 11.8. The summed E-state index contributed by atoms with van der Waals surface area (Å²) in [6.45, 7) is 2.74. The number of para-hydroxylation sites is 2. The zero-order valence-electron chi connectivity index (χ0n) is 9.42. The largest absolute Gasteiger partial charge is 0.369 e. The van der Waals surface area contributed by atoms with Gasteiger partial charge in [0.2, 0.25) is 5.95 Å². The fourth-order valence-corrected chi connectivity index (χ4v) is 2.65. The van der Waals surface area contributed by atoms with Gasteiger partial charge >= 0.3 is 0 Å². The van der Waals surface area contributed by atoms with Gasteiger partial charge in [-0.15, -0.1) is 11.3 Å². The van der Waals surface area contributed by atoms with Crippen molar-refractivity contribution in [1.82, 2.24) is 14.5 Å². The van der Waals surface area contributed by atoms with Crippen LogP contribution in [-0.2, 0) is 6.54 Å². The summed E-state index contributed by atoms with van der Waals surface area (Å²) in [5.74, 6) is 0.541. The Morgan fingerprint density at radius 2 is 2.18 bits per heavy atom. The van der Waals surface area contributed by atoms with E-state index in [1.807, 2.05) is 35.0 Å². The highest BCUT2D eigenvalue weighted by atomic mass is 32.1. The molecule has 17 heavy (non-hydrogen) atoms. The van der Waals surface area contributed by atoms with E-state index in [1.54, 1.807) is 11.3 Å². The minimum Gasteiger partial charge on any atom is -0.369 e. The van der Waals surface area contributed by atoms with Crippen LogP contribution in [0.25, 0.3) is 11.0 Å². The minimum absolute atomic E-state index is 0.541. The lowest BCUT2D eigenvalue weighted by Crippen LogP contribution is -2.04. The van der Waals surface area contributed by atoms with Gasteiger partial charge in [0.25, 0.3) is 0 Å². The molecule has 0 aliphatic heterocycles. The highest BCUT2D eigenvalue weighted by Gasteiger charge is 2.09.